The largest absolute Gasteiger partial charge is 0.348 e. The normalized spacial score (nSPS) is 15.6. The fourth-order valence-corrected chi connectivity index (χ4v) is 6.37. The number of nitrogens with zero attached hydrogens (tertiary/aromatic N) is 4. The molecule has 1 atom stereocenters. The summed E-state index contributed by atoms with van der Waals surface area (Å²) in [5.41, 5.74) is 1.47. The number of carbonyl (C=O) groups excluding carboxylic acids is 2. The van der Waals surface area contributed by atoms with E-state index in [0.29, 0.717) is 27.9 Å². The summed E-state index contributed by atoms with van der Waals surface area (Å²) < 4.78 is 30.7. The molecular formula is C25H23F2N5O2S2. The minimum atomic E-state index is -0.991. The molecule has 2 aromatic heterocycles. The molecule has 1 aliphatic heterocycles. The molecule has 0 saturated carbocycles. The first-order chi connectivity index (χ1) is 17.3. The summed E-state index contributed by atoms with van der Waals surface area (Å²) in [7, 11) is 1.78. The van der Waals surface area contributed by atoms with Gasteiger partial charge >= 0.3 is 0 Å². The van der Waals surface area contributed by atoms with Crippen molar-refractivity contribution in [1.82, 2.24) is 25.0 Å². The maximum absolute atomic E-state index is 14.8. The van der Waals surface area contributed by atoms with Gasteiger partial charge in [0.2, 0.25) is 0 Å². The van der Waals surface area contributed by atoms with Gasteiger partial charge in [-0.1, -0.05) is 30.3 Å². The molecule has 11 heteroatoms. The number of amides is 2. The maximum atomic E-state index is 14.8. The molecule has 1 aliphatic rings. The summed E-state index contributed by atoms with van der Waals surface area (Å²) >= 11 is 2.69. The van der Waals surface area contributed by atoms with E-state index in [2.05, 4.69) is 15.4 Å². The second-order valence-corrected chi connectivity index (χ2v) is 11.0. The number of benzene rings is 2. The predicted molar refractivity (Wildman–Crippen MR) is 137 cm³/mol. The summed E-state index contributed by atoms with van der Waals surface area (Å²) in [5.74, 6) is -1.94. The molecule has 2 amide bonds. The highest BCUT2D eigenvalue weighted by Crippen LogP contribution is 2.36. The molecule has 7 nitrogen and oxygen atoms in total. The number of fused-ring (bicyclic) bond motifs is 1. The summed E-state index contributed by atoms with van der Waals surface area (Å²) in [6.07, 6.45) is 0. The van der Waals surface area contributed by atoms with Crippen molar-refractivity contribution in [1.29, 1.82) is 0 Å². The molecule has 1 unspecified atom stereocenters. The van der Waals surface area contributed by atoms with Gasteiger partial charge in [0, 0.05) is 36.8 Å². The van der Waals surface area contributed by atoms with Crippen molar-refractivity contribution in [2.45, 2.75) is 19.2 Å². The first-order valence-electron chi connectivity index (χ1n) is 11.3. The zero-order valence-corrected chi connectivity index (χ0v) is 21.5. The van der Waals surface area contributed by atoms with Crippen molar-refractivity contribution >= 4 is 45.8 Å². The van der Waals surface area contributed by atoms with Gasteiger partial charge in [0.15, 0.2) is 17.3 Å². The van der Waals surface area contributed by atoms with Gasteiger partial charge in [-0.15, -0.1) is 23.1 Å². The zero-order chi connectivity index (χ0) is 25.6. The number of carbonyl (C=O) groups is 2. The molecule has 1 saturated heterocycles. The molecule has 0 aliphatic carbocycles. The van der Waals surface area contributed by atoms with E-state index in [9.17, 15) is 18.4 Å². The lowest BCUT2D eigenvalue weighted by atomic mass is 10.1. The van der Waals surface area contributed by atoms with Crippen LogP contribution in [0.4, 0.5) is 8.78 Å². The summed E-state index contributed by atoms with van der Waals surface area (Å²) in [5, 5.41) is 8.25. The number of halogens is 2. The Kier molecular flexibility index (Phi) is 6.52. The average Bonchev–Trinajstić information content (AvgIpc) is 3.58. The Morgan fingerprint density at radius 3 is 2.69 bits per heavy atom. The van der Waals surface area contributed by atoms with Gasteiger partial charge < -0.3 is 10.2 Å². The number of thiazole rings is 1. The quantitative estimate of drug-likeness (QED) is 0.412. The maximum Gasteiger partial charge on any atom is 0.274 e. The first kappa shape index (κ1) is 24.4. The topological polar surface area (TPSA) is 80.1 Å². The van der Waals surface area contributed by atoms with E-state index in [1.807, 2.05) is 24.3 Å². The van der Waals surface area contributed by atoms with Crippen LogP contribution in [0.2, 0.25) is 0 Å². The van der Waals surface area contributed by atoms with Crippen LogP contribution in [0.15, 0.2) is 36.4 Å². The third-order valence-corrected chi connectivity index (χ3v) is 8.35. The van der Waals surface area contributed by atoms with Gasteiger partial charge in [-0.25, -0.2) is 13.8 Å². The van der Waals surface area contributed by atoms with Crippen molar-refractivity contribution < 1.29 is 18.4 Å². The lowest BCUT2D eigenvalue weighted by molar-refractivity contribution is 0.0746. The van der Waals surface area contributed by atoms with Gasteiger partial charge in [-0.05, 0) is 25.5 Å². The van der Waals surface area contributed by atoms with E-state index in [-0.39, 0.29) is 40.6 Å². The second-order valence-electron chi connectivity index (χ2n) is 8.49. The van der Waals surface area contributed by atoms with E-state index >= 15 is 0 Å². The Hall–Kier alpha value is -3.31. The molecule has 3 heterocycles. The fourth-order valence-electron chi connectivity index (χ4n) is 4.28. The minimum absolute atomic E-state index is 0.0192. The van der Waals surface area contributed by atoms with Crippen molar-refractivity contribution in [3.8, 4) is 10.4 Å². The van der Waals surface area contributed by atoms with Gasteiger partial charge in [0.1, 0.15) is 5.69 Å². The van der Waals surface area contributed by atoms with Crippen LogP contribution in [0.1, 0.15) is 31.5 Å². The van der Waals surface area contributed by atoms with Crippen molar-refractivity contribution in [3.05, 3.63) is 70.0 Å². The number of aromatic nitrogens is 3. The Morgan fingerprint density at radius 2 is 1.89 bits per heavy atom. The molecule has 186 valence electrons. The average molecular weight is 528 g/mol. The second kappa shape index (κ2) is 9.62. The monoisotopic (exact) mass is 527 g/mol. The Bertz CT molecular complexity index is 1500. The van der Waals surface area contributed by atoms with Gasteiger partial charge in [0.05, 0.1) is 20.8 Å². The molecule has 36 heavy (non-hydrogen) atoms. The van der Waals surface area contributed by atoms with Crippen LogP contribution in [0.3, 0.4) is 0 Å². The number of hydrogen-bond acceptors (Lipinski definition) is 6. The molecule has 5 rings (SSSR count). The lowest BCUT2D eigenvalue weighted by Gasteiger charge is -2.23. The standard InChI is InChI=1S/C25H23F2N5O2S2/c1-13-8-9-16(20(27)19(13)26)23-22(29-14(2)36-23)25(34)32-10-11-35-18(32)12-28-24(33)21-15-6-4-5-7-17(15)31(3)30-21/h4-9,18H,10-12H2,1-3H3,(H,28,33). The van der Waals surface area contributed by atoms with Gasteiger partial charge in [-0.2, -0.15) is 5.10 Å². The van der Waals surface area contributed by atoms with Crippen LogP contribution in [-0.4, -0.2) is 55.7 Å². The fraction of sp³-hybridized carbons (Fsp3) is 0.280. The lowest BCUT2D eigenvalue weighted by Crippen LogP contribution is -2.42. The Morgan fingerprint density at radius 1 is 1.11 bits per heavy atom. The van der Waals surface area contributed by atoms with E-state index in [1.165, 1.54) is 19.1 Å². The Balaban J connectivity index is 1.36. The van der Waals surface area contributed by atoms with Crippen molar-refractivity contribution in [3.63, 3.8) is 0 Å². The van der Waals surface area contributed by atoms with Crippen LogP contribution < -0.4 is 5.32 Å². The smallest absolute Gasteiger partial charge is 0.274 e. The SMILES string of the molecule is Cc1nc(C(=O)N2CCSC2CNC(=O)c2nn(C)c3ccccc23)c(-c2ccc(C)c(F)c2F)s1. The molecule has 1 fully saturated rings. The zero-order valence-electron chi connectivity index (χ0n) is 19.8. The number of thioether (sulfide) groups is 1. The number of nitrogens with one attached hydrogen (secondary N) is 1. The number of aryl methyl sites for hydroxylation is 3. The predicted octanol–water partition coefficient (Wildman–Crippen LogP) is 4.54. The summed E-state index contributed by atoms with van der Waals surface area (Å²) in [6, 6.07) is 10.4. The van der Waals surface area contributed by atoms with Crippen LogP contribution in [0, 0.1) is 25.5 Å². The first-order valence-corrected chi connectivity index (χ1v) is 13.2. The molecule has 4 aromatic rings. The number of para-hydroxylation sites is 1. The number of hydrogen-bond donors (Lipinski definition) is 1. The Labute approximate surface area is 214 Å². The van der Waals surface area contributed by atoms with E-state index in [0.717, 1.165) is 22.2 Å². The minimum Gasteiger partial charge on any atom is -0.348 e. The molecule has 2 aromatic carbocycles. The highest BCUT2D eigenvalue weighted by Gasteiger charge is 2.34. The van der Waals surface area contributed by atoms with Crippen molar-refractivity contribution in [2.24, 2.45) is 7.05 Å². The molecular weight excluding hydrogens is 504 g/mol. The van der Waals surface area contributed by atoms with E-state index < -0.39 is 11.6 Å². The van der Waals surface area contributed by atoms with Crippen LogP contribution in [0.5, 0.6) is 0 Å². The van der Waals surface area contributed by atoms with E-state index in [4.69, 9.17) is 0 Å². The molecule has 0 radical (unpaired) electrons. The molecule has 0 spiro atoms. The van der Waals surface area contributed by atoms with Crippen LogP contribution >= 0.6 is 23.1 Å². The third-order valence-electron chi connectivity index (χ3n) is 6.12. The highest BCUT2D eigenvalue weighted by molar-refractivity contribution is 8.00. The molecule has 1 N–H and O–H groups in total. The molecule has 0 bridgehead atoms. The highest BCUT2D eigenvalue weighted by atomic mass is 32.2. The van der Waals surface area contributed by atoms with Crippen LogP contribution in [-0.2, 0) is 7.05 Å². The third kappa shape index (κ3) is 4.26. The van der Waals surface area contributed by atoms with Gasteiger partial charge in [-0.3, -0.25) is 14.3 Å². The van der Waals surface area contributed by atoms with Gasteiger partial charge in [0.25, 0.3) is 11.8 Å². The van der Waals surface area contributed by atoms with Crippen LogP contribution in [0.25, 0.3) is 21.3 Å². The number of rotatable bonds is 5. The summed E-state index contributed by atoms with van der Waals surface area (Å²) in [6.45, 7) is 3.88. The van der Waals surface area contributed by atoms with Crippen molar-refractivity contribution in [2.75, 3.05) is 18.8 Å². The summed E-state index contributed by atoms with van der Waals surface area (Å²) in [4.78, 5) is 32.8. The van der Waals surface area contributed by atoms with E-state index in [1.54, 1.807) is 35.3 Å².